The number of hydrogen-bond acceptors (Lipinski definition) is 5. The maximum atomic E-state index is 13.5. The second kappa shape index (κ2) is 6.79. The van der Waals surface area contributed by atoms with Gasteiger partial charge in [0.25, 0.3) is 0 Å². The standard InChI is InChI=1S/C17H15FN4O4/c1-10-3-4-12(18)8-13(10)22-6-5-21(16(24)17(22)25)9-15(23)19-14-7-11(2)26-20-14/h3-8H,9H2,1-2H3,(H,19,20,23). The quantitative estimate of drug-likeness (QED) is 0.711. The summed E-state index contributed by atoms with van der Waals surface area (Å²) in [4.78, 5) is 36.6. The first kappa shape index (κ1) is 17.3. The van der Waals surface area contributed by atoms with Gasteiger partial charge in [0, 0.05) is 18.5 Å². The van der Waals surface area contributed by atoms with E-state index in [1.54, 1.807) is 13.8 Å². The van der Waals surface area contributed by atoms with Crippen LogP contribution in [0.15, 0.2) is 50.8 Å². The molecule has 0 spiro atoms. The summed E-state index contributed by atoms with van der Waals surface area (Å²) in [6, 6.07) is 5.46. The van der Waals surface area contributed by atoms with Crippen LogP contribution in [0.2, 0.25) is 0 Å². The van der Waals surface area contributed by atoms with Crippen molar-refractivity contribution in [1.29, 1.82) is 0 Å². The van der Waals surface area contributed by atoms with Crippen LogP contribution in [-0.4, -0.2) is 20.2 Å². The zero-order valence-corrected chi connectivity index (χ0v) is 14.0. The summed E-state index contributed by atoms with van der Waals surface area (Å²) >= 11 is 0. The van der Waals surface area contributed by atoms with Crippen molar-refractivity contribution >= 4 is 11.7 Å². The third-order valence-electron chi connectivity index (χ3n) is 3.70. The van der Waals surface area contributed by atoms with Gasteiger partial charge in [-0.15, -0.1) is 0 Å². The van der Waals surface area contributed by atoms with Gasteiger partial charge in [0.2, 0.25) is 5.91 Å². The lowest BCUT2D eigenvalue weighted by Gasteiger charge is -2.11. The molecule has 0 aliphatic carbocycles. The molecule has 1 N–H and O–H groups in total. The molecule has 134 valence electrons. The van der Waals surface area contributed by atoms with Crippen LogP contribution in [0.25, 0.3) is 5.69 Å². The van der Waals surface area contributed by atoms with E-state index in [0.717, 1.165) is 9.13 Å². The second-order valence-corrected chi connectivity index (χ2v) is 5.71. The Morgan fingerprint density at radius 1 is 1.19 bits per heavy atom. The highest BCUT2D eigenvalue weighted by atomic mass is 19.1. The van der Waals surface area contributed by atoms with Crippen LogP contribution in [0.4, 0.5) is 10.2 Å². The normalized spacial score (nSPS) is 10.7. The summed E-state index contributed by atoms with van der Waals surface area (Å²) in [6.07, 6.45) is 2.61. The van der Waals surface area contributed by atoms with Gasteiger partial charge in [-0.25, -0.2) is 4.39 Å². The third kappa shape index (κ3) is 3.46. The predicted octanol–water partition coefficient (Wildman–Crippen LogP) is 1.38. The molecule has 2 aromatic heterocycles. The van der Waals surface area contributed by atoms with Crippen molar-refractivity contribution in [2.24, 2.45) is 0 Å². The monoisotopic (exact) mass is 358 g/mol. The minimum Gasteiger partial charge on any atom is -0.360 e. The minimum atomic E-state index is -0.900. The molecule has 9 heteroatoms. The van der Waals surface area contributed by atoms with Crippen molar-refractivity contribution in [3.05, 3.63) is 74.5 Å². The summed E-state index contributed by atoms with van der Waals surface area (Å²) in [5, 5.41) is 6.07. The van der Waals surface area contributed by atoms with E-state index in [4.69, 9.17) is 4.52 Å². The topological polar surface area (TPSA) is 99.1 Å². The van der Waals surface area contributed by atoms with Crippen LogP contribution in [0.5, 0.6) is 0 Å². The van der Waals surface area contributed by atoms with E-state index >= 15 is 0 Å². The molecule has 1 aromatic carbocycles. The Morgan fingerprint density at radius 3 is 2.65 bits per heavy atom. The summed E-state index contributed by atoms with van der Waals surface area (Å²) < 4.78 is 20.3. The molecular weight excluding hydrogens is 343 g/mol. The van der Waals surface area contributed by atoms with Gasteiger partial charge < -0.3 is 9.84 Å². The predicted molar refractivity (Wildman–Crippen MR) is 90.9 cm³/mol. The number of aromatic nitrogens is 3. The minimum absolute atomic E-state index is 0.212. The van der Waals surface area contributed by atoms with Crippen molar-refractivity contribution in [2.45, 2.75) is 20.4 Å². The highest BCUT2D eigenvalue weighted by Gasteiger charge is 2.13. The molecule has 26 heavy (non-hydrogen) atoms. The molecule has 0 fully saturated rings. The van der Waals surface area contributed by atoms with Gasteiger partial charge in [0.1, 0.15) is 18.1 Å². The number of carbonyl (C=O) groups excluding carboxylic acids is 1. The molecule has 0 aliphatic heterocycles. The zero-order chi connectivity index (χ0) is 18.8. The molecule has 0 bridgehead atoms. The number of rotatable bonds is 4. The number of carbonyl (C=O) groups is 1. The number of amides is 1. The van der Waals surface area contributed by atoms with E-state index in [1.807, 2.05) is 0 Å². The Bertz CT molecular complexity index is 1100. The fraction of sp³-hybridized carbons (Fsp3) is 0.176. The first-order valence-electron chi connectivity index (χ1n) is 7.67. The van der Waals surface area contributed by atoms with Crippen LogP contribution in [-0.2, 0) is 11.3 Å². The molecule has 0 atom stereocenters. The largest absolute Gasteiger partial charge is 0.360 e. The van der Waals surface area contributed by atoms with E-state index in [2.05, 4.69) is 10.5 Å². The average Bonchev–Trinajstić information content (AvgIpc) is 2.99. The van der Waals surface area contributed by atoms with Crippen molar-refractivity contribution < 1.29 is 13.7 Å². The van der Waals surface area contributed by atoms with Gasteiger partial charge >= 0.3 is 11.1 Å². The fourth-order valence-corrected chi connectivity index (χ4v) is 2.43. The van der Waals surface area contributed by atoms with Gasteiger partial charge in [-0.05, 0) is 31.5 Å². The summed E-state index contributed by atoms with van der Waals surface area (Å²) in [5.41, 5.74) is -0.888. The zero-order valence-electron chi connectivity index (χ0n) is 14.0. The molecule has 0 unspecified atom stereocenters. The molecule has 0 saturated heterocycles. The smallest absolute Gasteiger partial charge is 0.320 e. The fourth-order valence-electron chi connectivity index (χ4n) is 2.43. The van der Waals surface area contributed by atoms with E-state index in [9.17, 15) is 18.8 Å². The van der Waals surface area contributed by atoms with Gasteiger partial charge in [0.15, 0.2) is 5.82 Å². The lowest BCUT2D eigenvalue weighted by molar-refractivity contribution is -0.116. The number of nitrogens with zero attached hydrogens (tertiary/aromatic N) is 3. The molecule has 0 saturated carbocycles. The molecule has 0 radical (unpaired) electrons. The number of nitrogens with one attached hydrogen (secondary N) is 1. The van der Waals surface area contributed by atoms with Crippen molar-refractivity contribution in [3.8, 4) is 5.69 Å². The Morgan fingerprint density at radius 2 is 1.96 bits per heavy atom. The van der Waals surface area contributed by atoms with Crippen LogP contribution in [0, 0.1) is 19.7 Å². The number of benzene rings is 1. The van der Waals surface area contributed by atoms with Gasteiger partial charge in [-0.1, -0.05) is 11.2 Å². The Hall–Kier alpha value is -3.49. The van der Waals surface area contributed by atoms with Crippen molar-refractivity contribution in [2.75, 3.05) is 5.32 Å². The number of halogens is 1. The lowest BCUT2D eigenvalue weighted by atomic mass is 10.2. The van der Waals surface area contributed by atoms with Gasteiger partial charge in [-0.2, -0.15) is 0 Å². The Kier molecular flexibility index (Phi) is 4.53. The molecule has 3 rings (SSSR count). The van der Waals surface area contributed by atoms with Crippen LogP contribution < -0.4 is 16.4 Å². The molecular formula is C17H15FN4O4. The number of anilines is 1. The van der Waals surface area contributed by atoms with E-state index < -0.39 is 22.8 Å². The van der Waals surface area contributed by atoms with E-state index in [0.29, 0.717) is 11.3 Å². The van der Waals surface area contributed by atoms with Crippen LogP contribution in [0.1, 0.15) is 11.3 Å². The summed E-state index contributed by atoms with van der Waals surface area (Å²) in [5.74, 6) is -0.335. The number of hydrogen-bond donors (Lipinski definition) is 1. The Balaban J connectivity index is 1.88. The van der Waals surface area contributed by atoms with Crippen molar-refractivity contribution in [1.82, 2.24) is 14.3 Å². The maximum Gasteiger partial charge on any atom is 0.320 e. The second-order valence-electron chi connectivity index (χ2n) is 5.71. The highest BCUT2D eigenvalue weighted by molar-refractivity contribution is 5.89. The lowest BCUT2D eigenvalue weighted by Crippen LogP contribution is -2.41. The summed E-state index contributed by atoms with van der Waals surface area (Å²) in [7, 11) is 0. The summed E-state index contributed by atoms with van der Waals surface area (Å²) in [6.45, 7) is 2.99. The average molecular weight is 358 g/mol. The number of aryl methyl sites for hydroxylation is 2. The SMILES string of the molecule is Cc1cc(NC(=O)Cn2ccn(-c3cc(F)ccc3C)c(=O)c2=O)no1. The molecule has 0 aliphatic rings. The maximum absolute atomic E-state index is 13.5. The molecule has 2 heterocycles. The third-order valence-corrected chi connectivity index (χ3v) is 3.70. The van der Waals surface area contributed by atoms with E-state index in [-0.39, 0.29) is 18.1 Å². The Labute approximate surface area is 146 Å². The highest BCUT2D eigenvalue weighted by Crippen LogP contribution is 2.13. The van der Waals surface area contributed by atoms with Crippen LogP contribution >= 0.6 is 0 Å². The first-order chi connectivity index (χ1) is 12.3. The van der Waals surface area contributed by atoms with Crippen LogP contribution in [0.3, 0.4) is 0 Å². The van der Waals surface area contributed by atoms with Crippen molar-refractivity contribution in [3.63, 3.8) is 0 Å². The van der Waals surface area contributed by atoms with Gasteiger partial charge in [0.05, 0.1) is 5.69 Å². The molecule has 3 aromatic rings. The van der Waals surface area contributed by atoms with E-state index in [1.165, 1.54) is 36.7 Å². The molecule has 8 nitrogen and oxygen atoms in total. The molecule has 1 amide bonds. The van der Waals surface area contributed by atoms with Gasteiger partial charge in [-0.3, -0.25) is 23.5 Å². The first-order valence-corrected chi connectivity index (χ1v) is 7.67.